The second-order valence-electron chi connectivity index (χ2n) is 8.42. The second-order valence-corrected chi connectivity index (χ2v) is 9.26. The van der Waals surface area contributed by atoms with Gasteiger partial charge in [0.05, 0.1) is 23.8 Å². The van der Waals surface area contributed by atoms with Crippen molar-refractivity contribution in [3.05, 3.63) is 63.6 Å². The summed E-state index contributed by atoms with van der Waals surface area (Å²) < 4.78 is 0. The molecular formula is C24H33Cl4N5O2. The van der Waals surface area contributed by atoms with Crippen molar-refractivity contribution in [1.82, 2.24) is 20.7 Å². The van der Waals surface area contributed by atoms with Crippen LogP contribution in [0.1, 0.15) is 25.0 Å². The van der Waals surface area contributed by atoms with Crippen LogP contribution in [0.5, 0.6) is 0 Å². The standard InChI is InChI=1S/C24H31Cl2N5O2.2ClH/c1-17(2)27-10-11-28-23(32)15-30(22-9-8-20(25)12-21(22)26)16-24(33)29(3)31-13-18-6-4-5-7-19(18)14-31;;/h4-9,12,17,27H,10-11,13-16H2,1-3H3,(H,28,32);2*1H. The summed E-state index contributed by atoms with van der Waals surface area (Å²) in [5, 5.41) is 10.6. The largest absolute Gasteiger partial charge is 0.353 e. The zero-order chi connectivity index (χ0) is 24.0. The van der Waals surface area contributed by atoms with E-state index in [0.717, 1.165) is 0 Å². The van der Waals surface area contributed by atoms with Crippen molar-refractivity contribution in [2.75, 3.05) is 38.1 Å². The Bertz CT molecular complexity index is 967. The van der Waals surface area contributed by atoms with E-state index >= 15 is 0 Å². The number of rotatable bonds is 10. The van der Waals surface area contributed by atoms with Crippen LogP contribution in [0.4, 0.5) is 5.69 Å². The fourth-order valence-electron chi connectivity index (χ4n) is 3.71. The van der Waals surface area contributed by atoms with Crippen molar-refractivity contribution in [3.8, 4) is 0 Å². The first-order valence-corrected chi connectivity index (χ1v) is 11.8. The number of hydrazine groups is 1. The van der Waals surface area contributed by atoms with Gasteiger partial charge in [0.2, 0.25) is 5.91 Å². The first-order chi connectivity index (χ1) is 15.7. The Morgan fingerprint density at radius 2 is 1.63 bits per heavy atom. The summed E-state index contributed by atoms with van der Waals surface area (Å²) >= 11 is 12.5. The molecule has 0 aliphatic carbocycles. The number of halogens is 4. The van der Waals surface area contributed by atoms with Gasteiger partial charge in [0.1, 0.15) is 0 Å². The molecule has 2 aromatic carbocycles. The number of carbonyl (C=O) groups excluding carboxylic acids is 2. The molecule has 0 spiro atoms. The lowest BCUT2D eigenvalue weighted by Gasteiger charge is -2.31. The van der Waals surface area contributed by atoms with Crippen LogP contribution in [-0.4, -0.2) is 61.1 Å². The maximum Gasteiger partial charge on any atom is 0.256 e. The fraction of sp³-hybridized carbons (Fsp3) is 0.417. The van der Waals surface area contributed by atoms with Gasteiger partial charge < -0.3 is 15.5 Å². The summed E-state index contributed by atoms with van der Waals surface area (Å²) in [5.74, 6) is -0.321. The van der Waals surface area contributed by atoms with Gasteiger partial charge in [0.25, 0.3) is 5.91 Å². The van der Waals surface area contributed by atoms with Crippen molar-refractivity contribution in [3.63, 3.8) is 0 Å². The van der Waals surface area contributed by atoms with Crippen LogP contribution in [0.15, 0.2) is 42.5 Å². The summed E-state index contributed by atoms with van der Waals surface area (Å²) in [6, 6.07) is 13.5. The van der Waals surface area contributed by atoms with E-state index in [9.17, 15) is 9.59 Å². The van der Waals surface area contributed by atoms with Crippen molar-refractivity contribution in [1.29, 1.82) is 0 Å². The lowest BCUT2D eigenvalue weighted by molar-refractivity contribution is -0.145. The smallest absolute Gasteiger partial charge is 0.256 e. The van der Waals surface area contributed by atoms with Crippen LogP contribution in [0.3, 0.4) is 0 Å². The Morgan fingerprint density at radius 1 is 1.00 bits per heavy atom. The molecule has 2 amide bonds. The molecule has 0 unspecified atom stereocenters. The van der Waals surface area contributed by atoms with Crippen molar-refractivity contribution >= 4 is 65.5 Å². The number of amides is 2. The molecule has 0 bridgehead atoms. The van der Waals surface area contributed by atoms with Crippen LogP contribution in [0.25, 0.3) is 0 Å². The highest BCUT2D eigenvalue weighted by molar-refractivity contribution is 6.36. The number of likely N-dealkylation sites (N-methyl/N-ethyl adjacent to an activating group) is 1. The Hall–Kier alpha value is -1.74. The molecule has 35 heavy (non-hydrogen) atoms. The summed E-state index contributed by atoms with van der Waals surface area (Å²) in [6.45, 7) is 6.61. The maximum atomic E-state index is 13.2. The first-order valence-electron chi connectivity index (χ1n) is 11.0. The first kappa shape index (κ1) is 31.3. The van der Waals surface area contributed by atoms with Gasteiger partial charge in [-0.25, -0.2) is 5.01 Å². The molecule has 1 heterocycles. The molecule has 0 radical (unpaired) electrons. The van der Waals surface area contributed by atoms with Crippen molar-refractivity contribution in [2.24, 2.45) is 0 Å². The monoisotopic (exact) mass is 563 g/mol. The van der Waals surface area contributed by atoms with Gasteiger partial charge in [-0.3, -0.25) is 14.6 Å². The SMILES string of the molecule is CC(C)NCCNC(=O)CN(CC(=O)N(C)N1Cc2ccccc2C1)c1ccc(Cl)cc1Cl.Cl.Cl. The summed E-state index contributed by atoms with van der Waals surface area (Å²) in [4.78, 5) is 27.5. The second kappa shape index (κ2) is 14.7. The van der Waals surface area contributed by atoms with Gasteiger partial charge >= 0.3 is 0 Å². The third kappa shape index (κ3) is 9.01. The minimum Gasteiger partial charge on any atom is -0.353 e. The number of hydrogen-bond acceptors (Lipinski definition) is 5. The molecule has 3 rings (SSSR count). The molecule has 1 aliphatic rings. The van der Waals surface area contributed by atoms with Crippen LogP contribution in [0.2, 0.25) is 10.0 Å². The molecule has 0 atom stereocenters. The maximum absolute atomic E-state index is 13.2. The van der Waals surface area contributed by atoms with Crippen molar-refractivity contribution in [2.45, 2.75) is 33.0 Å². The van der Waals surface area contributed by atoms with Crippen LogP contribution < -0.4 is 15.5 Å². The average Bonchev–Trinajstić information content (AvgIpc) is 3.20. The molecule has 2 aromatic rings. The molecule has 2 N–H and O–H groups in total. The highest BCUT2D eigenvalue weighted by atomic mass is 35.5. The molecule has 7 nitrogen and oxygen atoms in total. The summed E-state index contributed by atoms with van der Waals surface area (Å²) in [7, 11) is 1.76. The van der Waals surface area contributed by atoms with Crippen LogP contribution in [0, 0.1) is 0 Å². The summed E-state index contributed by atoms with van der Waals surface area (Å²) in [6.07, 6.45) is 0. The van der Waals surface area contributed by atoms with Gasteiger partial charge in [0.15, 0.2) is 0 Å². The number of benzene rings is 2. The quantitative estimate of drug-likeness (QED) is 0.424. The van der Waals surface area contributed by atoms with E-state index in [1.807, 2.05) is 31.0 Å². The third-order valence-corrected chi connectivity index (χ3v) is 6.06. The number of fused-ring (bicyclic) bond motifs is 1. The zero-order valence-electron chi connectivity index (χ0n) is 20.1. The molecule has 1 aliphatic heterocycles. The van der Waals surface area contributed by atoms with E-state index in [-0.39, 0.29) is 49.7 Å². The predicted octanol–water partition coefficient (Wildman–Crippen LogP) is 4.15. The van der Waals surface area contributed by atoms with E-state index in [2.05, 4.69) is 22.8 Å². The zero-order valence-corrected chi connectivity index (χ0v) is 23.2. The van der Waals surface area contributed by atoms with Crippen LogP contribution >= 0.6 is 48.0 Å². The van der Waals surface area contributed by atoms with Gasteiger partial charge in [-0.1, -0.05) is 61.3 Å². The lowest BCUT2D eigenvalue weighted by atomic mass is 10.1. The Kier molecular flexibility index (Phi) is 13.2. The molecule has 0 fully saturated rings. The number of nitrogens with one attached hydrogen (secondary N) is 2. The van der Waals surface area contributed by atoms with E-state index in [1.165, 1.54) is 11.1 Å². The molecule has 194 valence electrons. The lowest BCUT2D eigenvalue weighted by Crippen LogP contribution is -2.48. The van der Waals surface area contributed by atoms with Gasteiger partial charge in [-0.15, -0.1) is 24.8 Å². The Morgan fingerprint density at radius 3 is 2.20 bits per heavy atom. The molecule has 0 aromatic heterocycles. The van der Waals surface area contributed by atoms with E-state index in [4.69, 9.17) is 23.2 Å². The van der Waals surface area contributed by atoms with Crippen LogP contribution in [-0.2, 0) is 22.7 Å². The Labute approximate surface area is 229 Å². The third-order valence-electron chi connectivity index (χ3n) is 5.52. The fourth-order valence-corrected chi connectivity index (χ4v) is 4.23. The van der Waals surface area contributed by atoms with E-state index in [1.54, 1.807) is 35.2 Å². The van der Waals surface area contributed by atoms with Gasteiger partial charge in [-0.05, 0) is 29.3 Å². The topological polar surface area (TPSA) is 67.9 Å². The van der Waals surface area contributed by atoms with Gasteiger partial charge in [0, 0.05) is 44.3 Å². The average molecular weight is 565 g/mol. The minimum absolute atomic E-state index is 0. The number of carbonyl (C=O) groups is 2. The number of hydrogen-bond donors (Lipinski definition) is 2. The molecular weight excluding hydrogens is 532 g/mol. The van der Waals surface area contributed by atoms with E-state index < -0.39 is 0 Å². The highest BCUT2D eigenvalue weighted by Gasteiger charge is 2.27. The van der Waals surface area contributed by atoms with Crippen molar-refractivity contribution < 1.29 is 9.59 Å². The van der Waals surface area contributed by atoms with Gasteiger partial charge in [-0.2, -0.15) is 0 Å². The number of anilines is 1. The molecule has 0 saturated heterocycles. The number of nitrogens with zero attached hydrogens (tertiary/aromatic N) is 3. The summed E-state index contributed by atoms with van der Waals surface area (Å²) in [5.41, 5.74) is 3.01. The van der Waals surface area contributed by atoms with E-state index in [0.29, 0.717) is 48.0 Å². The highest BCUT2D eigenvalue weighted by Crippen LogP contribution is 2.29. The molecule has 11 heteroatoms. The minimum atomic E-state index is -0.185. The predicted molar refractivity (Wildman–Crippen MR) is 148 cm³/mol. The normalized spacial score (nSPS) is 12.4. The molecule has 0 saturated carbocycles. The Balaban J connectivity index is 0.00000306.